The quantitative estimate of drug-likeness (QED) is 0.893. The van der Waals surface area contributed by atoms with Gasteiger partial charge in [0.15, 0.2) is 5.58 Å². The van der Waals surface area contributed by atoms with Crippen molar-refractivity contribution >= 4 is 29.0 Å². The van der Waals surface area contributed by atoms with Crippen molar-refractivity contribution in [2.45, 2.75) is 38.6 Å². The monoisotopic (exact) mass is 371 g/mol. The first-order valence-corrected chi connectivity index (χ1v) is 9.66. The minimum atomic E-state index is -0.800. The molecule has 0 saturated carbocycles. The number of rotatable bonds is 3. The molecule has 2 aliphatic heterocycles. The number of hydrogen-bond acceptors (Lipinski definition) is 5. The average Bonchev–Trinajstić information content (AvgIpc) is 3.12. The lowest BCUT2D eigenvalue weighted by molar-refractivity contribution is -0.149. The molecule has 2 atom stereocenters. The molecule has 0 radical (unpaired) electrons. The highest BCUT2D eigenvalue weighted by Gasteiger charge is 2.37. The Balaban J connectivity index is 1.39. The number of piperidine rings is 2. The summed E-state index contributed by atoms with van der Waals surface area (Å²) in [5.41, 5.74) is 1.61. The van der Waals surface area contributed by atoms with E-state index < -0.39 is 11.9 Å². The number of nitrogens with zero attached hydrogens (tertiary/aromatic N) is 3. The molecule has 144 valence electrons. The second-order valence-corrected chi connectivity index (χ2v) is 7.68. The molecule has 0 bridgehead atoms. The number of carboxylic acid groups (broad SMARTS) is 1. The van der Waals surface area contributed by atoms with Crippen molar-refractivity contribution in [2.24, 2.45) is 11.8 Å². The highest BCUT2D eigenvalue weighted by atomic mass is 16.4. The van der Waals surface area contributed by atoms with Gasteiger partial charge >= 0.3 is 5.97 Å². The summed E-state index contributed by atoms with van der Waals surface area (Å²) in [5.74, 6) is -1.19. The van der Waals surface area contributed by atoms with Gasteiger partial charge in [-0.05, 0) is 44.7 Å². The molecule has 1 aromatic carbocycles. The van der Waals surface area contributed by atoms with Crippen LogP contribution in [0, 0.1) is 11.8 Å². The third-order valence-corrected chi connectivity index (χ3v) is 5.91. The van der Waals surface area contributed by atoms with Gasteiger partial charge in [0.25, 0.3) is 6.01 Å². The van der Waals surface area contributed by atoms with Crippen LogP contribution in [-0.2, 0) is 9.59 Å². The van der Waals surface area contributed by atoms with Crippen LogP contribution in [0.25, 0.3) is 11.1 Å². The predicted octanol–water partition coefficient (Wildman–Crippen LogP) is 2.76. The van der Waals surface area contributed by atoms with Gasteiger partial charge in [-0.25, -0.2) is 0 Å². The zero-order valence-corrected chi connectivity index (χ0v) is 15.5. The van der Waals surface area contributed by atoms with Crippen LogP contribution in [0.5, 0.6) is 0 Å². The number of para-hydroxylation sites is 2. The summed E-state index contributed by atoms with van der Waals surface area (Å²) in [6, 6.07) is 8.41. The third-order valence-electron chi connectivity index (χ3n) is 5.91. The smallest absolute Gasteiger partial charge is 0.308 e. The molecule has 3 heterocycles. The molecule has 27 heavy (non-hydrogen) atoms. The Labute approximate surface area is 157 Å². The van der Waals surface area contributed by atoms with Gasteiger partial charge in [0, 0.05) is 31.6 Å². The number of likely N-dealkylation sites (tertiary alicyclic amines) is 1. The number of aromatic nitrogens is 1. The lowest BCUT2D eigenvalue weighted by atomic mass is 9.89. The number of benzene rings is 1. The van der Waals surface area contributed by atoms with E-state index in [1.165, 1.54) is 0 Å². The van der Waals surface area contributed by atoms with E-state index in [1.54, 1.807) is 4.90 Å². The zero-order chi connectivity index (χ0) is 19.0. The van der Waals surface area contributed by atoms with Crippen molar-refractivity contribution < 1.29 is 19.1 Å². The van der Waals surface area contributed by atoms with E-state index in [1.807, 2.05) is 31.2 Å². The van der Waals surface area contributed by atoms with E-state index in [4.69, 9.17) is 4.42 Å². The summed E-state index contributed by atoms with van der Waals surface area (Å²) in [5, 5.41) is 9.29. The Bertz CT molecular complexity index is 808. The van der Waals surface area contributed by atoms with Crippen LogP contribution < -0.4 is 4.90 Å². The largest absolute Gasteiger partial charge is 0.481 e. The van der Waals surface area contributed by atoms with Crippen molar-refractivity contribution in [3.05, 3.63) is 24.3 Å². The average molecular weight is 371 g/mol. The van der Waals surface area contributed by atoms with Gasteiger partial charge in [0.1, 0.15) is 5.52 Å². The number of oxazole rings is 1. The van der Waals surface area contributed by atoms with E-state index >= 15 is 0 Å². The molecular weight excluding hydrogens is 346 g/mol. The number of fused-ring (bicyclic) bond motifs is 1. The molecule has 2 fully saturated rings. The topological polar surface area (TPSA) is 86.9 Å². The van der Waals surface area contributed by atoms with Crippen LogP contribution in [0.1, 0.15) is 32.6 Å². The van der Waals surface area contributed by atoms with Crippen LogP contribution >= 0.6 is 0 Å². The number of carboxylic acids is 1. The summed E-state index contributed by atoms with van der Waals surface area (Å²) >= 11 is 0. The summed E-state index contributed by atoms with van der Waals surface area (Å²) in [6.07, 6.45) is 2.87. The van der Waals surface area contributed by atoms with Gasteiger partial charge in [-0.3, -0.25) is 9.59 Å². The molecule has 2 unspecified atom stereocenters. The van der Waals surface area contributed by atoms with Crippen molar-refractivity contribution in [2.75, 3.05) is 24.5 Å². The summed E-state index contributed by atoms with van der Waals surface area (Å²) in [6.45, 7) is 3.78. The van der Waals surface area contributed by atoms with Crippen LogP contribution in [-0.4, -0.2) is 52.5 Å². The lowest BCUT2D eigenvalue weighted by Crippen LogP contribution is -2.51. The van der Waals surface area contributed by atoms with Gasteiger partial charge in [-0.2, -0.15) is 4.98 Å². The first-order chi connectivity index (χ1) is 13.0. The van der Waals surface area contributed by atoms with E-state index in [0.29, 0.717) is 32.1 Å². The lowest BCUT2D eigenvalue weighted by Gasteiger charge is -2.40. The van der Waals surface area contributed by atoms with Gasteiger partial charge < -0.3 is 19.3 Å². The molecule has 0 aliphatic carbocycles. The molecule has 1 amide bonds. The number of aliphatic carboxylic acids is 1. The normalized spacial score (nSPS) is 24.3. The molecule has 2 aromatic rings. The van der Waals surface area contributed by atoms with Crippen LogP contribution in [0.2, 0.25) is 0 Å². The Morgan fingerprint density at radius 1 is 1.11 bits per heavy atom. The fraction of sp³-hybridized carbons (Fsp3) is 0.550. The van der Waals surface area contributed by atoms with Crippen LogP contribution in [0.4, 0.5) is 6.01 Å². The minimum absolute atomic E-state index is 0.0550. The Morgan fingerprint density at radius 3 is 2.56 bits per heavy atom. The van der Waals surface area contributed by atoms with Gasteiger partial charge in [-0.15, -0.1) is 0 Å². The Kier molecular flexibility index (Phi) is 4.76. The van der Waals surface area contributed by atoms with Crippen molar-refractivity contribution in [1.82, 2.24) is 9.88 Å². The zero-order valence-electron chi connectivity index (χ0n) is 15.5. The minimum Gasteiger partial charge on any atom is -0.481 e. The van der Waals surface area contributed by atoms with Gasteiger partial charge in [0.2, 0.25) is 5.91 Å². The second-order valence-electron chi connectivity index (χ2n) is 7.68. The summed E-state index contributed by atoms with van der Waals surface area (Å²) in [4.78, 5) is 32.7. The summed E-state index contributed by atoms with van der Waals surface area (Å²) in [7, 11) is 0. The highest BCUT2D eigenvalue weighted by molar-refractivity contribution is 5.81. The third kappa shape index (κ3) is 3.50. The maximum absolute atomic E-state index is 13.0. The standard InChI is InChI=1S/C20H25N3O4/c1-13-6-7-15(19(25)26)12-23(13)18(24)14-8-10-22(11-9-14)20-21-16-4-2-3-5-17(16)27-20/h2-5,13-15H,6-12H2,1H3,(H,25,26). The molecule has 4 rings (SSSR count). The first kappa shape index (κ1) is 17.8. The molecule has 7 heteroatoms. The van der Waals surface area contributed by atoms with Crippen molar-refractivity contribution in [1.29, 1.82) is 0 Å². The predicted molar refractivity (Wildman–Crippen MR) is 100 cm³/mol. The molecule has 0 spiro atoms. The van der Waals surface area contributed by atoms with E-state index in [9.17, 15) is 14.7 Å². The molecule has 7 nitrogen and oxygen atoms in total. The maximum Gasteiger partial charge on any atom is 0.308 e. The SMILES string of the molecule is CC1CCC(C(=O)O)CN1C(=O)C1CCN(c2nc3ccccc3o2)CC1. The Hall–Kier alpha value is -2.57. The molecular formula is C20H25N3O4. The fourth-order valence-electron chi connectivity index (χ4n) is 4.16. The van der Waals surface area contributed by atoms with E-state index in [-0.39, 0.29) is 17.9 Å². The van der Waals surface area contributed by atoms with Crippen LogP contribution in [0.15, 0.2) is 28.7 Å². The van der Waals surface area contributed by atoms with Gasteiger partial charge in [0.05, 0.1) is 5.92 Å². The number of anilines is 1. The fourth-order valence-corrected chi connectivity index (χ4v) is 4.16. The Morgan fingerprint density at radius 2 is 1.85 bits per heavy atom. The maximum atomic E-state index is 13.0. The molecule has 2 saturated heterocycles. The first-order valence-electron chi connectivity index (χ1n) is 9.66. The van der Waals surface area contributed by atoms with Crippen molar-refractivity contribution in [3.63, 3.8) is 0 Å². The van der Waals surface area contributed by atoms with Crippen LogP contribution in [0.3, 0.4) is 0 Å². The van der Waals surface area contributed by atoms with Gasteiger partial charge in [-0.1, -0.05) is 12.1 Å². The number of carbonyl (C=O) groups is 2. The number of carbonyl (C=O) groups excluding carboxylic acids is 1. The van der Waals surface area contributed by atoms with Crippen molar-refractivity contribution in [3.8, 4) is 0 Å². The molecule has 1 aromatic heterocycles. The molecule has 2 aliphatic rings. The summed E-state index contributed by atoms with van der Waals surface area (Å²) < 4.78 is 5.83. The van der Waals surface area contributed by atoms with E-state index in [2.05, 4.69) is 9.88 Å². The second kappa shape index (κ2) is 7.21. The number of hydrogen-bond donors (Lipinski definition) is 1. The number of amides is 1. The molecule has 1 N–H and O–H groups in total. The van der Waals surface area contributed by atoms with E-state index in [0.717, 1.165) is 30.4 Å². The highest BCUT2D eigenvalue weighted by Crippen LogP contribution is 2.30.